The highest BCUT2D eigenvalue weighted by atomic mass is 33.3. The van der Waals surface area contributed by atoms with Gasteiger partial charge >= 0.3 is 0 Å². The van der Waals surface area contributed by atoms with E-state index in [4.69, 9.17) is 0 Å². The summed E-state index contributed by atoms with van der Waals surface area (Å²) in [6.45, 7) is 4.00. The van der Waals surface area contributed by atoms with E-state index >= 15 is 0 Å². The van der Waals surface area contributed by atoms with E-state index in [1.54, 1.807) is 11.4 Å². The molecule has 0 heterocycles. The minimum Gasteiger partial charge on any atom is -0.143 e. The van der Waals surface area contributed by atoms with Gasteiger partial charge in [-0.05, 0) is 24.3 Å². The van der Waals surface area contributed by atoms with Crippen LogP contribution in [0.4, 0.5) is 0 Å². The first kappa shape index (κ1) is 19.3. The van der Waals surface area contributed by atoms with Gasteiger partial charge in [-0.25, -0.2) is 0 Å². The van der Waals surface area contributed by atoms with Crippen molar-refractivity contribution in [2.75, 3.05) is 0 Å². The molecule has 0 radical (unpaired) electrons. The van der Waals surface area contributed by atoms with Crippen LogP contribution in [-0.2, 0) is 0 Å². The first-order valence-electron chi connectivity index (χ1n) is 5.83. The first-order chi connectivity index (χ1) is 9.18. The standard InChI is InChI=1S/C6H7PS3.C6H6S.C2H6/c8-7(9)10-6-4-2-1-3-5-6;7-6-4-2-1-3-5-6;1-2/h1-5,8-9H;1-5,7H;1-2H3. The molecule has 0 unspecified atom stereocenters. The smallest absolute Gasteiger partial charge is 0.0715 e. The van der Waals surface area contributed by atoms with Gasteiger partial charge in [0.15, 0.2) is 0 Å². The van der Waals surface area contributed by atoms with E-state index in [2.05, 4.69) is 49.3 Å². The van der Waals surface area contributed by atoms with Crippen LogP contribution in [-0.4, -0.2) is 0 Å². The molecule has 5 heteroatoms. The third-order valence-electron chi connectivity index (χ3n) is 1.69. The first-order valence-corrected chi connectivity index (χ1v) is 11.3. The van der Waals surface area contributed by atoms with Gasteiger partial charge in [-0.1, -0.05) is 61.6 Å². The maximum absolute atomic E-state index is 4.20. The Morgan fingerprint density at radius 2 is 1.21 bits per heavy atom. The van der Waals surface area contributed by atoms with Gasteiger partial charge in [-0.15, -0.1) is 37.1 Å². The van der Waals surface area contributed by atoms with Crippen molar-refractivity contribution in [2.24, 2.45) is 0 Å². The van der Waals surface area contributed by atoms with Crippen LogP contribution in [0.1, 0.15) is 13.8 Å². The molecule has 0 spiro atoms. The Morgan fingerprint density at radius 3 is 1.53 bits per heavy atom. The van der Waals surface area contributed by atoms with Crippen LogP contribution < -0.4 is 0 Å². The van der Waals surface area contributed by atoms with Gasteiger partial charge in [-0.3, -0.25) is 0 Å². The fraction of sp³-hybridized carbons (Fsp3) is 0.143. The SMILES string of the molecule is CC.SP(S)Sc1ccccc1.Sc1ccccc1. The molecule has 0 aliphatic heterocycles. The summed E-state index contributed by atoms with van der Waals surface area (Å²) in [6, 6.07) is 19.9. The van der Waals surface area contributed by atoms with Crippen molar-refractivity contribution in [1.29, 1.82) is 0 Å². The minimum atomic E-state index is -0.471. The summed E-state index contributed by atoms with van der Waals surface area (Å²) in [5, 5.41) is 0. The van der Waals surface area contributed by atoms with Gasteiger partial charge in [0.25, 0.3) is 0 Å². The number of hydrogen-bond acceptors (Lipinski definition) is 4. The fourth-order valence-corrected chi connectivity index (χ4v) is 4.27. The summed E-state index contributed by atoms with van der Waals surface area (Å²) in [4.78, 5) is 2.25. The Kier molecular flexibility index (Phi) is 13.5. The average molecular weight is 347 g/mol. The lowest BCUT2D eigenvalue weighted by atomic mass is 10.4. The van der Waals surface area contributed by atoms with Crippen molar-refractivity contribution in [3.8, 4) is 0 Å². The van der Waals surface area contributed by atoms with Crippen LogP contribution in [0.2, 0.25) is 0 Å². The predicted octanol–water partition coefficient (Wildman–Crippen LogP) is 6.87. The molecule has 0 amide bonds. The molecule has 104 valence electrons. The second kappa shape index (κ2) is 13.3. The molecule has 0 saturated heterocycles. The molecule has 2 aromatic carbocycles. The molecule has 0 aromatic heterocycles. The van der Waals surface area contributed by atoms with Crippen LogP contribution >= 0.6 is 54.0 Å². The van der Waals surface area contributed by atoms with E-state index in [0.717, 1.165) is 4.90 Å². The summed E-state index contributed by atoms with van der Waals surface area (Å²) < 4.78 is 0. The van der Waals surface area contributed by atoms with E-state index in [1.165, 1.54) is 4.90 Å². The molecule has 0 N–H and O–H groups in total. The molecule has 0 saturated carbocycles. The summed E-state index contributed by atoms with van der Waals surface area (Å²) in [5.74, 6) is 0. The monoisotopic (exact) mass is 346 g/mol. The quantitative estimate of drug-likeness (QED) is 0.394. The molecule has 0 atom stereocenters. The zero-order chi connectivity index (χ0) is 14.5. The molecule has 2 aromatic rings. The second-order valence-electron chi connectivity index (χ2n) is 2.99. The molecular formula is C14H19PS4. The van der Waals surface area contributed by atoms with Gasteiger partial charge < -0.3 is 0 Å². The highest BCUT2D eigenvalue weighted by molar-refractivity contribution is 9.06. The third-order valence-corrected chi connectivity index (χ3v) is 5.22. The van der Waals surface area contributed by atoms with Crippen molar-refractivity contribution in [3.05, 3.63) is 60.7 Å². The lowest BCUT2D eigenvalue weighted by Crippen LogP contribution is -1.61. The van der Waals surface area contributed by atoms with Crippen molar-refractivity contribution >= 4 is 54.0 Å². The average Bonchev–Trinajstić information content (AvgIpc) is 2.43. The van der Waals surface area contributed by atoms with Crippen LogP contribution in [0, 0.1) is 0 Å². The molecule has 0 nitrogen and oxygen atoms in total. The molecule has 19 heavy (non-hydrogen) atoms. The van der Waals surface area contributed by atoms with Crippen LogP contribution in [0.5, 0.6) is 0 Å². The summed E-state index contributed by atoms with van der Waals surface area (Å²) in [7, 11) is 0. The molecule has 0 aliphatic rings. The van der Waals surface area contributed by atoms with E-state index in [0.29, 0.717) is 0 Å². The number of rotatable bonds is 2. The van der Waals surface area contributed by atoms with Gasteiger partial charge in [0.1, 0.15) is 0 Å². The van der Waals surface area contributed by atoms with Crippen molar-refractivity contribution < 1.29 is 0 Å². The number of hydrogen-bond donors (Lipinski definition) is 3. The normalized spacial score (nSPS) is 8.95. The zero-order valence-electron chi connectivity index (χ0n) is 11.0. The zero-order valence-corrected chi connectivity index (χ0v) is 15.4. The highest BCUT2D eigenvalue weighted by Crippen LogP contribution is 2.61. The molecule has 0 aliphatic carbocycles. The number of thiol groups is 3. The Balaban J connectivity index is 0.000000316. The van der Waals surface area contributed by atoms with E-state index in [1.807, 2.05) is 62.4 Å². The Morgan fingerprint density at radius 1 is 0.789 bits per heavy atom. The topological polar surface area (TPSA) is 0 Å². The van der Waals surface area contributed by atoms with Crippen molar-refractivity contribution in [2.45, 2.75) is 23.6 Å². The molecule has 2 rings (SSSR count). The lowest BCUT2D eigenvalue weighted by Gasteiger charge is -2.00. The molecule has 0 bridgehead atoms. The van der Waals surface area contributed by atoms with E-state index in [-0.39, 0.29) is 0 Å². The van der Waals surface area contributed by atoms with Crippen LogP contribution in [0.15, 0.2) is 70.5 Å². The van der Waals surface area contributed by atoms with Crippen molar-refractivity contribution in [1.82, 2.24) is 0 Å². The second-order valence-corrected chi connectivity index (χ2v) is 11.3. The van der Waals surface area contributed by atoms with Gasteiger partial charge in [0, 0.05) is 9.79 Å². The third kappa shape index (κ3) is 11.8. The van der Waals surface area contributed by atoms with E-state index < -0.39 is 5.53 Å². The van der Waals surface area contributed by atoms with Gasteiger partial charge in [-0.2, -0.15) is 0 Å². The maximum atomic E-state index is 4.20. The maximum Gasteiger partial charge on any atom is 0.0715 e. The van der Waals surface area contributed by atoms with Gasteiger partial charge in [0.2, 0.25) is 0 Å². The Bertz CT molecular complexity index is 406. The lowest BCUT2D eigenvalue weighted by molar-refractivity contribution is 1.48. The molecular weight excluding hydrogens is 327 g/mol. The summed E-state index contributed by atoms with van der Waals surface area (Å²) in [6.07, 6.45) is 0. The molecule has 0 fully saturated rings. The largest absolute Gasteiger partial charge is 0.143 e. The van der Waals surface area contributed by atoms with Gasteiger partial charge in [0.05, 0.1) is 5.53 Å². The Labute approximate surface area is 138 Å². The predicted molar refractivity (Wildman–Crippen MR) is 102 cm³/mol. The van der Waals surface area contributed by atoms with Crippen LogP contribution in [0.25, 0.3) is 0 Å². The Hall–Kier alpha value is 0.270. The summed E-state index contributed by atoms with van der Waals surface area (Å²) >= 11 is 14.2. The van der Waals surface area contributed by atoms with Crippen LogP contribution in [0.3, 0.4) is 0 Å². The summed E-state index contributed by atoms with van der Waals surface area (Å²) in [5.41, 5.74) is -0.471. The minimum absolute atomic E-state index is 0.471. The fourth-order valence-electron chi connectivity index (χ4n) is 1.00. The van der Waals surface area contributed by atoms with Crippen molar-refractivity contribution in [3.63, 3.8) is 0 Å². The highest BCUT2D eigenvalue weighted by Gasteiger charge is 1.96. The van der Waals surface area contributed by atoms with E-state index in [9.17, 15) is 0 Å². The number of benzene rings is 2.